The van der Waals surface area contributed by atoms with Crippen molar-refractivity contribution in [1.29, 1.82) is 0 Å². The highest BCUT2D eigenvalue weighted by molar-refractivity contribution is 4.84. The monoisotopic (exact) mass is 226 g/mol. The quantitative estimate of drug-likeness (QED) is 0.763. The van der Waals surface area contributed by atoms with Gasteiger partial charge in [-0.1, -0.05) is 6.92 Å². The van der Waals surface area contributed by atoms with E-state index in [2.05, 4.69) is 24.5 Å². The largest absolute Gasteiger partial charge is 0.374 e. The van der Waals surface area contributed by atoms with Crippen LogP contribution in [-0.2, 0) is 4.74 Å². The van der Waals surface area contributed by atoms with Gasteiger partial charge in [0.1, 0.15) is 0 Å². The summed E-state index contributed by atoms with van der Waals surface area (Å²) in [4.78, 5) is 0. The van der Waals surface area contributed by atoms with Crippen LogP contribution >= 0.6 is 0 Å². The SMILES string of the molecule is CC1CCNC(CNCC2(C)CCCO2)C1. The van der Waals surface area contributed by atoms with E-state index in [4.69, 9.17) is 4.74 Å². The first-order valence-corrected chi connectivity index (χ1v) is 6.76. The molecule has 2 heterocycles. The first-order chi connectivity index (χ1) is 7.68. The lowest BCUT2D eigenvalue weighted by Crippen LogP contribution is -2.47. The summed E-state index contributed by atoms with van der Waals surface area (Å²) in [6.07, 6.45) is 5.06. The fraction of sp³-hybridized carbons (Fsp3) is 1.00. The Morgan fingerprint density at radius 1 is 1.50 bits per heavy atom. The maximum Gasteiger partial charge on any atom is 0.0779 e. The van der Waals surface area contributed by atoms with Crippen LogP contribution in [0.2, 0.25) is 0 Å². The van der Waals surface area contributed by atoms with Crippen molar-refractivity contribution >= 4 is 0 Å². The van der Waals surface area contributed by atoms with Gasteiger partial charge in [0, 0.05) is 25.7 Å². The van der Waals surface area contributed by atoms with Gasteiger partial charge in [-0.15, -0.1) is 0 Å². The molecule has 0 aromatic heterocycles. The van der Waals surface area contributed by atoms with Crippen LogP contribution in [0.3, 0.4) is 0 Å². The molecule has 0 radical (unpaired) electrons. The molecule has 2 rings (SSSR count). The van der Waals surface area contributed by atoms with E-state index in [1.807, 2.05) is 0 Å². The van der Waals surface area contributed by atoms with Gasteiger partial charge in [0.15, 0.2) is 0 Å². The van der Waals surface area contributed by atoms with Crippen molar-refractivity contribution in [2.75, 3.05) is 26.2 Å². The zero-order chi connectivity index (χ0) is 11.4. The summed E-state index contributed by atoms with van der Waals surface area (Å²) in [5.74, 6) is 0.881. The molecule has 2 saturated heterocycles. The Labute approximate surface area is 99.3 Å². The van der Waals surface area contributed by atoms with E-state index in [9.17, 15) is 0 Å². The third kappa shape index (κ3) is 3.44. The number of piperidine rings is 1. The van der Waals surface area contributed by atoms with E-state index >= 15 is 0 Å². The Kier molecular flexibility index (Phi) is 4.22. The minimum Gasteiger partial charge on any atom is -0.374 e. The Bertz CT molecular complexity index is 214. The van der Waals surface area contributed by atoms with Crippen LogP contribution in [0.15, 0.2) is 0 Å². The van der Waals surface area contributed by atoms with Crippen LogP contribution in [0, 0.1) is 5.92 Å². The maximum atomic E-state index is 5.77. The summed E-state index contributed by atoms with van der Waals surface area (Å²) in [5.41, 5.74) is 0.0975. The molecular weight excluding hydrogens is 200 g/mol. The Morgan fingerprint density at radius 3 is 3.06 bits per heavy atom. The number of hydrogen-bond donors (Lipinski definition) is 2. The normalized spacial score (nSPS) is 40.1. The van der Waals surface area contributed by atoms with Gasteiger partial charge in [0.05, 0.1) is 5.60 Å². The highest BCUT2D eigenvalue weighted by atomic mass is 16.5. The molecule has 0 aromatic carbocycles. The van der Waals surface area contributed by atoms with Crippen LogP contribution in [0.1, 0.15) is 39.5 Å². The number of hydrogen-bond acceptors (Lipinski definition) is 3. The average Bonchev–Trinajstić information content (AvgIpc) is 2.65. The number of ether oxygens (including phenoxy) is 1. The van der Waals surface area contributed by atoms with Crippen molar-refractivity contribution in [2.45, 2.75) is 51.2 Å². The Morgan fingerprint density at radius 2 is 2.38 bits per heavy atom. The van der Waals surface area contributed by atoms with Gasteiger partial charge >= 0.3 is 0 Å². The van der Waals surface area contributed by atoms with Crippen molar-refractivity contribution in [3.63, 3.8) is 0 Å². The van der Waals surface area contributed by atoms with E-state index in [0.717, 1.165) is 25.6 Å². The third-order valence-corrected chi connectivity index (χ3v) is 3.95. The first kappa shape index (κ1) is 12.3. The summed E-state index contributed by atoms with van der Waals surface area (Å²) < 4.78 is 5.77. The Balaban J connectivity index is 1.63. The van der Waals surface area contributed by atoms with Crippen LogP contribution in [0.25, 0.3) is 0 Å². The van der Waals surface area contributed by atoms with Gasteiger partial charge in [-0.05, 0) is 45.1 Å². The van der Waals surface area contributed by atoms with Gasteiger partial charge in [-0.25, -0.2) is 0 Å². The molecule has 3 nitrogen and oxygen atoms in total. The molecule has 2 fully saturated rings. The van der Waals surface area contributed by atoms with Crippen molar-refractivity contribution in [3.8, 4) is 0 Å². The third-order valence-electron chi connectivity index (χ3n) is 3.95. The highest BCUT2D eigenvalue weighted by Gasteiger charge is 2.29. The summed E-state index contributed by atoms with van der Waals surface area (Å²) >= 11 is 0. The molecule has 94 valence electrons. The average molecular weight is 226 g/mol. The molecule has 2 aliphatic heterocycles. The lowest BCUT2D eigenvalue weighted by Gasteiger charge is -2.30. The van der Waals surface area contributed by atoms with E-state index < -0.39 is 0 Å². The van der Waals surface area contributed by atoms with Crippen LogP contribution in [-0.4, -0.2) is 37.9 Å². The van der Waals surface area contributed by atoms with Crippen LogP contribution in [0.5, 0.6) is 0 Å². The second-order valence-corrected chi connectivity index (χ2v) is 5.81. The molecule has 3 atom stereocenters. The number of nitrogens with one attached hydrogen (secondary N) is 2. The van der Waals surface area contributed by atoms with Crippen molar-refractivity contribution in [2.24, 2.45) is 5.92 Å². The molecule has 0 amide bonds. The Hall–Kier alpha value is -0.120. The zero-order valence-electron chi connectivity index (χ0n) is 10.7. The standard InChI is InChI=1S/C13H26N2O/c1-11-4-6-15-12(8-11)9-14-10-13(2)5-3-7-16-13/h11-12,14-15H,3-10H2,1-2H3. The van der Waals surface area contributed by atoms with Crippen LogP contribution in [0.4, 0.5) is 0 Å². The second-order valence-electron chi connectivity index (χ2n) is 5.81. The fourth-order valence-corrected chi connectivity index (χ4v) is 2.86. The maximum absolute atomic E-state index is 5.77. The summed E-state index contributed by atoms with van der Waals surface area (Å²) in [5, 5.41) is 7.15. The van der Waals surface area contributed by atoms with Crippen molar-refractivity contribution in [3.05, 3.63) is 0 Å². The highest BCUT2D eigenvalue weighted by Crippen LogP contribution is 2.24. The molecule has 0 bridgehead atoms. The van der Waals surface area contributed by atoms with Gasteiger partial charge in [-0.2, -0.15) is 0 Å². The second kappa shape index (κ2) is 5.48. The van der Waals surface area contributed by atoms with Crippen molar-refractivity contribution < 1.29 is 4.74 Å². The lowest BCUT2D eigenvalue weighted by atomic mass is 9.94. The van der Waals surface area contributed by atoms with E-state index in [0.29, 0.717) is 6.04 Å². The molecule has 2 N–H and O–H groups in total. The van der Waals surface area contributed by atoms with E-state index in [1.165, 1.54) is 32.2 Å². The smallest absolute Gasteiger partial charge is 0.0779 e. The zero-order valence-corrected chi connectivity index (χ0v) is 10.7. The molecule has 3 unspecified atom stereocenters. The topological polar surface area (TPSA) is 33.3 Å². The fourth-order valence-electron chi connectivity index (χ4n) is 2.86. The van der Waals surface area contributed by atoms with Gasteiger partial charge in [-0.3, -0.25) is 0 Å². The van der Waals surface area contributed by atoms with Crippen molar-refractivity contribution in [1.82, 2.24) is 10.6 Å². The molecule has 0 aliphatic carbocycles. The van der Waals surface area contributed by atoms with Gasteiger partial charge in [0.25, 0.3) is 0 Å². The van der Waals surface area contributed by atoms with E-state index in [-0.39, 0.29) is 5.60 Å². The summed E-state index contributed by atoms with van der Waals surface area (Å²) in [7, 11) is 0. The number of rotatable bonds is 4. The predicted molar refractivity (Wildman–Crippen MR) is 66.6 cm³/mol. The minimum absolute atomic E-state index is 0.0975. The molecule has 0 aromatic rings. The molecule has 3 heteroatoms. The predicted octanol–water partition coefficient (Wildman–Crippen LogP) is 1.53. The molecule has 2 aliphatic rings. The lowest BCUT2D eigenvalue weighted by molar-refractivity contribution is 0.0204. The van der Waals surface area contributed by atoms with Gasteiger partial charge in [0.2, 0.25) is 0 Å². The minimum atomic E-state index is 0.0975. The van der Waals surface area contributed by atoms with E-state index in [1.54, 1.807) is 0 Å². The molecule has 16 heavy (non-hydrogen) atoms. The van der Waals surface area contributed by atoms with Gasteiger partial charge < -0.3 is 15.4 Å². The molecular formula is C13H26N2O. The summed E-state index contributed by atoms with van der Waals surface area (Å²) in [6.45, 7) is 8.79. The summed E-state index contributed by atoms with van der Waals surface area (Å²) in [6, 6.07) is 0.661. The first-order valence-electron chi connectivity index (χ1n) is 6.76. The molecule has 0 spiro atoms. The molecule has 0 saturated carbocycles. The van der Waals surface area contributed by atoms with Crippen LogP contribution < -0.4 is 10.6 Å².